The van der Waals surface area contributed by atoms with E-state index >= 15 is 0 Å². The summed E-state index contributed by atoms with van der Waals surface area (Å²) in [7, 11) is 0. The van der Waals surface area contributed by atoms with Gasteiger partial charge in [-0.1, -0.05) is 79.9 Å². The molecule has 0 bridgehead atoms. The highest BCUT2D eigenvalue weighted by Crippen LogP contribution is 2.59. The summed E-state index contributed by atoms with van der Waals surface area (Å²) >= 11 is 2.43. The second-order valence-electron chi connectivity index (χ2n) is 13.2. The Labute approximate surface area is 244 Å². The molecule has 3 aromatic rings. The monoisotopic (exact) mass is 544 g/mol. The second-order valence-corrected chi connectivity index (χ2v) is 14.7. The van der Waals surface area contributed by atoms with Crippen LogP contribution in [-0.2, 0) is 0 Å². The molecule has 204 valence electrons. The maximum absolute atomic E-state index is 9.78. The van der Waals surface area contributed by atoms with Crippen LogP contribution in [0, 0.1) is 23.2 Å². The van der Waals surface area contributed by atoms with Crippen LogP contribution < -0.4 is 0 Å². The molecule has 2 heterocycles. The lowest BCUT2D eigenvalue weighted by atomic mass is 9.69. The van der Waals surface area contributed by atoms with E-state index in [2.05, 4.69) is 83.4 Å². The Morgan fingerprint density at radius 3 is 2.40 bits per heavy atom. The Morgan fingerprint density at radius 1 is 0.675 bits per heavy atom. The second kappa shape index (κ2) is 10.4. The zero-order valence-electron chi connectivity index (χ0n) is 23.4. The van der Waals surface area contributed by atoms with Crippen molar-refractivity contribution in [2.24, 2.45) is 11.8 Å². The van der Waals surface area contributed by atoms with Crippen molar-refractivity contribution in [3.05, 3.63) is 83.9 Å². The van der Waals surface area contributed by atoms with Crippen molar-refractivity contribution >= 4 is 11.8 Å². The molecular weight excluding hydrogens is 504 g/mol. The van der Waals surface area contributed by atoms with Crippen LogP contribution in [0.3, 0.4) is 0 Å². The lowest BCUT2D eigenvalue weighted by Gasteiger charge is -2.53. The lowest BCUT2D eigenvalue weighted by Crippen LogP contribution is -2.59. The summed E-state index contributed by atoms with van der Waals surface area (Å²) in [5.41, 5.74) is 6.90. The highest BCUT2D eigenvalue weighted by Gasteiger charge is 2.59. The molecule has 0 radical (unpaired) electrons. The molecule has 8 unspecified atom stereocenters. The molecule has 2 saturated heterocycles. The first-order valence-corrected chi connectivity index (χ1v) is 16.9. The molecule has 3 saturated carbocycles. The average Bonchev–Trinajstić information content (AvgIpc) is 3.36. The van der Waals surface area contributed by atoms with Gasteiger partial charge in [0, 0.05) is 34.2 Å². The smallest absolute Gasteiger partial charge is 0.0998 e. The molecular formula is C37H40N2S. The molecule has 8 rings (SSSR count). The molecule has 3 aliphatic carbocycles. The van der Waals surface area contributed by atoms with E-state index in [0.29, 0.717) is 5.92 Å². The van der Waals surface area contributed by atoms with E-state index in [-0.39, 0.29) is 0 Å². The summed E-state index contributed by atoms with van der Waals surface area (Å²) in [6, 6.07) is 31.1. The van der Waals surface area contributed by atoms with Gasteiger partial charge in [-0.15, -0.1) is 0 Å². The third-order valence-corrected chi connectivity index (χ3v) is 13.1. The van der Waals surface area contributed by atoms with Crippen LogP contribution in [0.15, 0.2) is 72.8 Å². The number of benzene rings is 3. The fraction of sp³-hybridized carbons (Fsp3) is 0.486. The fourth-order valence-corrected chi connectivity index (χ4v) is 11.7. The molecule has 0 aromatic heterocycles. The number of fused-ring (bicyclic) bond motifs is 5. The van der Waals surface area contributed by atoms with Gasteiger partial charge < -0.3 is 0 Å². The minimum absolute atomic E-state index is 0.671. The SMILES string of the molecule is N#Cc1ccc(-c2cccc(C3CCC4C(C3)C3CCCC5SC6CCCCC6N4C53)c2)cc1-c1ccccc1. The van der Waals surface area contributed by atoms with Crippen LogP contribution >= 0.6 is 11.8 Å². The Balaban J connectivity index is 1.08. The predicted molar refractivity (Wildman–Crippen MR) is 166 cm³/mol. The summed E-state index contributed by atoms with van der Waals surface area (Å²) in [6.07, 6.45) is 14.3. The van der Waals surface area contributed by atoms with Crippen molar-refractivity contribution in [1.82, 2.24) is 4.90 Å². The number of thioether (sulfide) groups is 1. The number of nitriles is 1. The molecule has 3 aromatic carbocycles. The van der Waals surface area contributed by atoms with Crippen LogP contribution in [-0.4, -0.2) is 33.5 Å². The van der Waals surface area contributed by atoms with E-state index in [1.165, 1.54) is 80.9 Å². The third-order valence-electron chi connectivity index (χ3n) is 11.3. The van der Waals surface area contributed by atoms with Gasteiger partial charge in [0.1, 0.15) is 0 Å². The molecule has 0 N–H and O–H groups in total. The Kier molecular flexibility index (Phi) is 6.54. The Bertz CT molecular complexity index is 1430. The van der Waals surface area contributed by atoms with Crippen LogP contribution in [0.1, 0.15) is 81.3 Å². The maximum atomic E-state index is 9.78. The van der Waals surface area contributed by atoms with E-state index in [9.17, 15) is 5.26 Å². The van der Waals surface area contributed by atoms with Gasteiger partial charge >= 0.3 is 0 Å². The molecule has 3 heteroatoms. The number of hydrogen-bond acceptors (Lipinski definition) is 3. The average molecular weight is 545 g/mol. The van der Waals surface area contributed by atoms with E-state index in [1.807, 2.05) is 12.1 Å². The van der Waals surface area contributed by atoms with Gasteiger partial charge in [-0.3, -0.25) is 4.90 Å². The zero-order valence-corrected chi connectivity index (χ0v) is 24.2. The molecule has 0 spiro atoms. The van der Waals surface area contributed by atoms with Crippen molar-refractivity contribution in [3.8, 4) is 28.3 Å². The van der Waals surface area contributed by atoms with E-state index in [1.54, 1.807) is 0 Å². The minimum Gasteiger partial charge on any atom is -0.292 e. The van der Waals surface area contributed by atoms with Gasteiger partial charge in [-0.05, 0) is 97.1 Å². The third kappa shape index (κ3) is 4.17. The largest absolute Gasteiger partial charge is 0.292 e. The number of rotatable bonds is 3. The van der Waals surface area contributed by atoms with Gasteiger partial charge in [-0.25, -0.2) is 0 Å². The molecule has 5 fully saturated rings. The first-order chi connectivity index (χ1) is 19.8. The van der Waals surface area contributed by atoms with Gasteiger partial charge in [-0.2, -0.15) is 17.0 Å². The van der Waals surface area contributed by atoms with Crippen LogP contribution in [0.2, 0.25) is 0 Å². The molecule has 2 nitrogen and oxygen atoms in total. The molecule has 40 heavy (non-hydrogen) atoms. The highest BCUT2D eigenvalue weighted by atomic mass is 32.2. The first-order valence-electron chi connectivity index (χ1n) is 15.9. The van der Waals surface area contributed by atoms with Crippen molar-refractivity contribution in [2.75, 3.05) is 0 Å². The minimum atomic E-state index is 0.671. The molecule has 2 aliphatic heterocycles. The topological polar surface area (TPSA) is 27.0 Å². The standard InChI is InChI=1S/C37H40N2S/c38-23-29-17-16-27(21-31(29)24-8-2-1-3-9-24)25-10-6-11-26(20-25)28-18-19-33-32(22-28)30-12-7-15-36-37(30)39(33)34-13-4-5-14-35(34)40-36/h1-3,6,8-11,16-17,20-21,28,30,32-37H,4-5,7,12-15,18-19,22H2. The van der Waals surface area contributed by atoms with Crippen molar-refractivity contribution in [1.29, 1.82) is 5.26 Å². The van der Waals surface area contributed by atoms with E-state index in [0.717, 1.165) is 57.2 Å². The van der Waals surface area contributed by atoms with Crippen molar-refractivity contribution in [2.45, 2.75) is 98.8 Å². The maximum Gasteiger partial charge on any atom is 0.0998 e. The van der Waals surface area contributed by atoms with Gasteiger partial charge in [0.2, 0.25) is 0 Å². The van der Waals surface area contributed by atoms with Gasteiger partial charge in [0.05, 0.1) is 11.6 Å². The van der Waals surface area contributed by atoms with Crippen molar-refractivity contribution < 1.29 is 0 Å². The fourth-order valence-electron chi connectivity index (χ4n) is 9.66. The highest BCUT2D eigenvalue weighted by molar-refractivity contribution is 8.00. The van der Waals surface area contributed by atoms with Gasteiger partial charge in [0.25, 0.3) is 0 Å². The quantitative estimate of drug-likeness (QED) is 0.329. The summed E-state index contributed by atoms with van der Waals surface area (Å²) in [6.45, 7) is 0. The first kappa shape index (κ1) is 25.2. The van der Waals surface area contributed by atoms with Crippen LogP contribution in [0.5, 0.6) is 0 Å². The summed E-state index contributed by atoms with van der Waals surface area (Å²) in [5, 5.41) is 11.6. The van der Waals surface area contributed by atoms with Gasteiger partial charge in [0.15, 0.2) is 0 Å². The molecule has 8 atom stereocenters. The van der Waals surface area contributed by atoms with Crippen LogP contribution in [0.4, 0.5) is 0 Å². The lowest BCUT2D eigenvalue weighted by molar-refractivity contribution is 0.0606. The van der Waals surface area contributed by atoms with Crippen LogP contribution in [0.25, 0.3) is 22.3 Å². The summed E-state index contributed by atoms with van der Waals surface area (Å²) in [5.74, 6) is 2.48. The van der Waals surface area contributed by atoms with E-state index in [4.69, 9.17) is 0 Å². The Morgan fingerprint density at radius 2 is 1.50 bits per heavy atom. The summed E-state index contributed by atoms with van der Waals surface area (Å²) in [4.78, 5) is 3.17. The van der Waals surface area contributed by atoms with Crippen molar-refractivity contribution in [3.63, 3.8) is 0 Å². The Hall–Kier alpha value is -2.54. The number of nitrogens with zero attached hydrogens (tertiary/aromatic N) is 2. The molecule has 0 amide bonds. The molecule has 5 aliphatic rings. The zero-order chi connectivity index (χ0) is 26.6. The summed E-state index contributed by atoms with van der Waals surface area (Å²) < 4.78 is 0. The normalized spacial score (nSPS) is 34.8. The van der Waals surface area contributed by atoms with E-state index < -0.39 is 0 Å². The number of hydrogen-bond donors (Lipinski definition) is 0. The predicted octanol–water partition coefficient (Wildman–Crippen LogP) is 9.06.